The molecule has 1 aromatic heterocycles. The van der Waals surface area contributed by atoms with E-state index in [0.717, 1.165) is 10.6 Å². The van der Waals surface area contributed by atoms with Crippen LogP contribution in [-0.2, 0) is 11.3 Å². The van der Waals surface area contributed by atoms with Crippen molar-refractivity contribution in [3.63, 3.8) is 0 Å². The largest absolute Gasteiger partial charge is 0.323 e. The molecule has 0 aliphatic carbocycles. The molecular weight excluding hydrogens is 296 g/mol. The first-order valence-electron chi connectivity index (χ1n) is 6.13. The zero-order valence-electron chi connectivity index (χ0n) is 11.2. The molecule has 1 N–H and O–H groups in total. The number of benzene rings is 1. The molecule has 2 aromatic rings. The quantitative estimate of drug-likeness (QED) is 0.862. The van der Waals surface area contributed by atoms with E-state index in [-0.39, 0.29) is 12.5 Å². The Hall–Kier alpha value is -1.53. The second kappa shape index (κ2) is 6.76. The van der Waals surface area contributed by atoms with Gasteiger partial charge < -0.3 is 5.32 Å². The van der Waals surface area contributed by atoms with Crippen molar-refractivity contribution < 1.29 is 4.79 Å². The number of carbonyl (C=O) groups is 1. The Morgan fingerprint density at radius 1 is 1.50 bits per heavy atom. The van der Waals surface area contributed by atoms with Crippen molar-refractivity contribution in [1.29, 1.82) is 0 Å². The summed E-state index contributed by atoms with van der Waals surface area (Å²) in [6.07, 6.45) is 2.90. The lowest BCUT2D eigenvalue weighted by atomic mass is 10.3. The number of carbonyl (C=O) groups excluding carboxylic acids is 1. The molecule has 0 spiro atoms. The summed E-state index contributed by atoms with van der Waals surface area (Å²) in [5.74, 6) is -0.164. The average molecular weight is 311 g/mol. The van der Waals surface area contributed by atoms with Gasteiger partial charge in [0.1, 0.15) is 19.2 Å². The van der Waals surface area contributed by atoms with Crippen LogP contribution < -0.4 is 5.32 Å². The molecule has 0 radical (unpaired) electrons. The Labute approximate surface area is 126 Å². The third-order valence-corrected chi connectivity index (χ3v) is 3.94. The highest BCUT2D eigenvalue weighted by molar-refractivity contribution is 8.00. The van der Waals surface area contributed by atoms with Gasteiger partial charge in [0.05, 0.1) is 10.7 Å². The summed E-state index contributed by atoms with van der Waals surface area (Å²) < 4.78 is 1.47. The van der Waals surface area contributed by atoms with Gasteiger partial charge >= 0.3 is 0 Å². The smallest absolute Gasteiger partial charge is 0.246 e. The third-order valence-electron chi connectivity index (χ3n) is 2.37. The number of aromatic nitrogens is 3. The molecule has 1 aromatic carbocycles. The lowest BCUT2D eigenvalue weighted by Gasteiger charge is -2.14. The number of rotatable bonds is 5. The Morgan fingerprint density at radius 3 is 2.95 bits per heavy atom. The van der Waals surface area contributed by atoms with Gasteiger partial charge in [-0.25, -0.2) is 9.67 Å². The van der Waals surface area contributed by atoms with Crippen molar-refractivity contribution >= 4 is 35.0 Å². The molecule has 20 heavy (non-hydrogen) atoms. The molecule has 0 fully saturated rings. The van der Waals surface area contributed by atoms with Crippen molar-refractivity contribution in [2.75, 3.05) is 5.32 Å². The number of anilines is 1. The second-order valence-electron chi connectivity index (χ2n) is 4.42. The predicted molar refractivity (Wildman–Crippen MR) is 81.1 cm³/mol. The van der Waals surface area contributed by atoms with Crippen LogP contribution in [0.1, 0.15) is 13.8 Å². The monoisotopic (exact) mass is 310 g/mol. The maximum Gasteiger partial charge on any atom is 0.246 e. The lowest BCUT2D eigenvalue weighted by Crippen LogP contribution is -2.19. The van der Waals surface area contributed by atoms with E-state index in [1.165, 1.54) is 17.3 Å². The van der Waals surface area contributed by atoms with Crippen LogP contribution in [0, 0.1) is 0 Å². The SMILES string of the molecule is CC(C)Sc1c(Cl)cccc1NC(=O)Cn1cncn1. The van der Waals surface area contributed by atoms with Gasteiger partial charge in [-0.1, -0.05) is 31.5 Å². The molecule has 0 aliphatic rings. The first-order valence-corrected chi connectivity index (χ1v) is 7.39. The molecule has 106 valence electrons. The number of hydrogen-bond donors (Lipinski definition) is 1. The Balaban J connectivity index is 2.12. The van der Waals surface area contributed by atoms with E-state index in [9.17, 15) is 4.79 Å². The lowest BCUT2D eigenvalue weighted by molar-refractivity contribution is -0.116. The zero-order valence-corrected chi connectivity index (χ0v) is 12.8. The van der Waals surface area contributed by atoms with Crippen LogP contribution >= 0.6 is 23.4 Å². The Kier molecular flexibility index (Phi) is 5.03. The molecule has 1 heterocycles. The van der Waals surface area contributed by atoms with Crippen LogP contribution in [0.3, 0.4) is 0 Å². The van der Waals surface area contributed by atoms with Gasteiger partial charge in [0, 0.05) is 10.1 Å². The van der Waals surface area contributed by atoms with Crippen molar-refractivity contribution in [1.82, 2.24) is 14.8 Å². The molecule has 0 atom stereocenters. The van der Waals surface area contributed by atoms with Crippen LogP contribution in [0.4, 0.5) is 5.69 Å². The van der Waals surface area contributed by atoms with E-state index >= 15 is 0 Å². The Bertz CT molecular complexity index is 586. The van der Waals surface area contributed by atoms with Crippen LogP contribution in [0.15, 0.2) is 35.7 Å². The number of hydrogen-bond acceptors (Lipinski definition) is 4. The molecule has 2 rings (SSSR count). The van der Waals surface area contributed by atoms with Gasteiger partial charge in [-0.15, -0.1) is 11.8 Å². The molecule has 0 unspecified atom stereocenters. The summed E-state index contributed by atoms with van der Waals surface area (Å²) in [6, 6.07) is 5.48. The second-order valence-corrected chi connectivity index (χ2v) is 6.42. The van der Waals surface area contributed by atoms with E-state index < -0.39 is 0 Å². The van der Waals surface area contributed by atoms with Crippen molar-refractivity contribution in [3.05, 3.63) is 35.9 Å². The van der Waals surface area contributed by atoms with Crippen LogP contribution in [0.25, 0.3) is 0 Å². The normalized spacial score (nSPS) is 10.8. The summed E-state index contributed by atoms with van der Waals surface area (Å²) in [5, 5.41) is 7.78. The van der Waals surface area contributed by atoms with E-state index in [1.807, 2.05) is 18.2 Å². The van der Waals surface area contributed by atoms with Gasteiger partial charge in [-0.2, -0.15) is 5.10 Å². The molecule has 0 saturated heterocycles. The molecule has 1 amide bonds. The van der Waals surface area contributed by atoms with Crippen molar-refractivity contribution in [2.45, 2.75) is 30.5 Å². The van der Waals surface area contributed by atoms with E-state index in [0.29, 0.717) is 10.3 Å². The first kappa shape index (κ1) is 14.9. The van der Waals surface area contributed by atoms with Gasteiger partial charge in [-0.05, 0) is 12.1 Å². The molecular formula is C13H15ClN4OS. The molecule has 0 aliphatic heterocycles. The summed E-state index contributed by atoms with van der Waals surface area (Å²) in [6.45, 7) is 4.28. The molecule has 7 heteroatoms. The number of halogens is 1. The van der Waals surface area contributed by atoms with Gasteiger partial charge in [0.2, 0.25) is 5.91 Å². The number of amides is 1. The highest BCUT2D eigenvalue weighted by Crippen LogP contribution is 2.36. The fourth-order valence-corrected chi connectivity index (χ4v) is 2.82. The van der Waals surface area contributed by atoms with E-state index in [1.54, 1.807) is 11.8 Å². The van der Waals surface area contributed by atoms with Crippen molar-refractivity contribution in [3.8, 4) is 0 Å². The topological polar surface area (TPSA) is 59.8 Å². The van der Waals surface area contributed by atoms with Crippen molar-refractivity contribution in [2.24, 2.45) is 0 Å². The Morgan fingerprint density at radius 2 is 2.30 bits per heavy atom. The number of thioether (sulfide) groups is 1. The zero-order chi connectivity index (χ0) is 14.5. The molecule has 0 bridgehead atoms. The summed E-state index contributed by atoms with van der Waals surface area (Å²) in [7, 11) is 0. The van der Waals surface area contributed by atoms with Crippen LogP contribution in [-0.4, -0.2) is 25.9 Å². The predicted octanol–water partition coefficient (Wildman–Crippen LogP) is 3.07. The fraction of sp³-hybridized carbons (Fsp3) is 0.308. The highest BCUT2D eigenvalue weighted by Gasteiger charge is 2.12. The highest BCUT2D eigenvalue weighted by atomic mass is 35.5. The number of nitrogens with zero attached hydrogens (tertiary/aromatic N) is 3. The van der Waals surface area contributed by atoms with Crippen LogP contribution in [0.5, 0.6) is 0 Å². The van der Waals surface area contributed by atoms with E-state index in [4.69, 9.17) is 11.6 Å². The number of nitrogens with one attached hydrogen (secondary N) is 1. The minimum absolute atomic E-state index is 0.123. The first-order chi connectivity index (χ1) is 9.56. The minimum Gasteiger partial charge on any atom is -0.323 e. The molecule has 0 saturated carbocycles. The van der Waals surface area contributed by atoms with Gasteiger partial charge in [0.15, 0.2) is 0 Å². The summed E-state index contributed by atoms with van der Waals surface area (Å²) >= 11 is 7.82. The van der Waals surface area contributed by atoms with E-state index in [2.05, 4.69) is 29.2 Å². The standard InChI is InChI=1S/C13H15ClN4OS/c1-9(2)20-13-10(14)4-3-5-11(13)17-12(19)6-18-8-15-7-16-18/h3-5,7-9H,6H2,1-2H3,(H,17,19). The average Bonchev–Trinajstić information content (AvgIpc) is 2.86. The van der Waals surface area contributed by atoms with Crippen LogP contribution in [0.2, 0.25) is 5.02 Å². The maximum absolute atomic E-state index is 12.0. The third kappa shape index (κ3) is 3.98. The summed E-state index contributed by atoms with van der Waals surface area (Å²) in [4.78, 5) is 16.7. The van der Waals surface area contributed by atoms with Gasteiger partial charge in [-0.3, -0.25) is 4.79 Å². The fourth-order valence-electron chi connectivity index (χ4n) is 1.61. The van der Waals surface area contributed by atoms with Gasteiger partial charge in [0.25, 0.3) is 0 Å². The molecule has 5 nitrogen and oxygen atoms in total. The summed E-state index contributed by atoms with van der Waals surface area (Å²) in [5.41, 5.74) is 0.723. The maximum atomic E-state index is 12.0. The minimum atomic E-state index is -0.164.